The molecule has 1 saturated heterocycles. The van der Waals surface area contributed by atoms with Crippen molar-refractivity contribution in [1.29, 1.82) is 0 Å². The van der Waals surface area contributed by atoms with Crippen LogP contribution in [0, 0.1) is 5.92 Å². The number of rotatable bonds is 5. The molecule has 0 aliphatic carbocycles. The maximum absolute atomic E-state index is 4.73. The molecule has 0 aromatic carbocycles. The summed E-state index contributed by atoms with van der Waals surface area (Å²) in [6, 6.07) is 0.737. The Balaban J connectivity index is 1.76. The molecule has 1 aromatic rings. The van der Waals surface area contributed by atoms with E-state index in [1.165, 1.54) is 42.9 Å². The zero-order chi connectivity index (χ0) is 12.1. The van der Waals surface area contributed by atoms with Crippen LogP contribution in [-0.2, 0) is 12.8 Å². The standard InChI is InChI=1S/C14H24N2S/c1-11(2)9-13-10-17-14(16-13)7-6-12-5-3-4-8-15-12/h10-12,15H,3-9H2,1-2H3. The molecule has 96 valence electrons. The van der Waals surface area contributed by atoms with Gasteiger partial charge in [-0.2, -0.15) is 0 Å². The highest BCUT2D eigenvalue weighted by atomic mass is 32.1. The number of hydrogen-bond acceptors (Lipinski definition) is 3. The first-order valence-electron chi connectivity index (χ1n) is 6.90. The van der Waals surface area contributed by atoms with E-state index in [0.717, 1.165) is 18.9 Å². The van der Waals surface area contributed by atoms with Crippen LogP contribution in [0.5, 0.6) is 0 Å². The van der Waals surface area contributed by atoms with Crippen LogP contribution in [0.15, 0.2) is 5.38 Å². The summed E-state index contributed by atoms with van der Waals surface area (Å²) >= 11 is 1.84. The van der Waals surface area contributed by atoms with Crippen molar-refractivity contribution in [3.05, 3.63) is 16.1 Å². The Morgan fingerprint density at radius 1 is 1.47 bits per heavy atom. The number of aromatic nitrogens is 1. The van der Waals surface area contributed by atoms with Crippen LogP contribution in [0.4, 0.5) is 0 Å². The van der Waals surface area contributed by atoms with Gasteiger partial charge in [-0.05, 0) is 38.1 Å². The van der Waals surface area contributed by atoms with Crippen molar-refractivity contribution in [2.45, 2.75) is 58.4 Å². The molecular weight excluding hydrogens is 228 g/mol. The van der Waals surface area contributed by atoms with E-state index in [0.29, 0.717) is 5.92 Å². The lowest BCUT2D eigenvalue weighted by atomic mass is 10.0. The van der Waals surface area contributed by atoms with Gasteiger partial charge in [-0.25, -0.2) is 4.98 Å². The second-order valence-electron chi connectivity index (χ2n) is 5.52. The van der Waals surface area contributed by atoms with Gasteiger partial charge in [0.1, 0.15) is 0 Å². The number of nitrogens with zero attached hydrogens (tertiary/aromatic N) is 1. The summed E-state index contributed by atoms with van der Waals surface area (Å²) < 4.78 is 0. The molecule has 1 atom stereocenters. The molecular formula is C14H24N2S. The van der Waals surface area contributed by atoms with Gasteiger partial charge in [0.2, 0.25) is 0 Å². The van der Waals surface area contributed by atoms with E-state index < -0.39 is 0 Å². The molecule has 1 aliphatic rings. The lowest BCUT2D eigenvalue weighted by Crippen LogP contribution is -2.34. The Hall–Kier alpha value is -0.410. The van der Waals surface area contributed by atoms with Crippen molar-refractivity contribution in [3.63, 3.8) is 0 Å². The number of nitrogens with one attached hydrogen (secondary N) is 1. The van der Waals surface area contributed by atoms with Crippen molar-refractivity contribution in [2.24, 2.45) is 5.92 Å². The van der Waals surface area contributed by atoms with Crippen molar-refractivity contribution in [3.8, 4) is 0 Å². The zero-order valence-corrected chi connectivity index (χ0v) is 11.9. The van der Waals surface area contributed by atoms with Gasteiger partial charge in [0, 0.05) is 17.8 Å². The summed E-state index contributed by atoms with van der Waals surface area (Å²) in [5.74, 6) is 0.713. The normalized spacial score (nSPS) is 21.0. The van der Waals surface area contributed by atoms with E-state index in [1.54, 1.807) is 0 Å². The van der Waals surface area contributed by atoms with Gasteiger partial charge in [-0.3, -0.25) is 0 Å². The molecule has 0 amide bonds. The lowest BCUT2D eigenvalue weighted by molar-refractivity contribution is 0.382. The monoisotopic (exact) mass is 252 g/mol. The van der Waals surface area contributed by atoms with Crippen LogP contribution in [0.3, 0.4) is 0 Å². The molecule has 0 spiro atoms. The highest BCUT2D eigenvalue weighted by Crippen LogP contribution is 2.17. The molecule has 1 fully saturated rings. The van der Waals surface area contributed by atoms with Crippen molar-refractivity contribution in [2.75, 3.05) is 6.54 Å². The molecule has 3 heteroatoms. The molecule has 1 aliphatic heterocycles. The number of aryl methyl sites for hydroxylation is 1. The van der Waals surface area contributed by atoms with Crippen LogP contribution >= 0.6 is 11.3 Å². The van der Waals surface area contributed by atoms with Crippen molar-refractivity contribution in [1.82, 2.24) is 10.3 Å². The van der Waals surface area contributed by atoms with Crippen molar-refractivity contribution >= 4 is 11.3 Å². The number of hydrogen-bond donors (Lipinski definition) is 1. The number of thiazole rings is 1. The summed E-state index contributed by atoms with van der Waals surface area (Å²) in [4.78, 5) is 4.73. The van der Waals surface area contributed by atoms with Gasteiger partial charge >= 0.3 is 0 Å². The highest BCUT2D eigenvalue weighted by Gasteiger charge is 2.13. The Morgan fingerprint density at radius 2 is 2.35 bits per heavy atom. The predicted octanol–water partition coefficient (Wildman–Crippen LogP) is 3.42. The fourth-order valence-corrected chi connectivity index (χ4v) is 3.27. The topological polar surface area (TPSA) is 24.9 Å². The highest BCUT2D eigenvalue weighted by molar-refractivity contribution is 7.09. The minimum atomic E-state index is 0.713. The Labute approximate surface area is 109 Å². The second kappa shape index (κ2) is 6.50. The second-order valence-corrected chi connectivity index (χ2v) is 6.46. The van der Waals surface area contributed by atoms with E-state index in [1.807, 2.05) is 11.3 Å². The van der Waals surface area contributed by atoms with Crippen LogP contribution in [-0.4, -0.2) is 17.6 Å². The minimum Gasteiger partial charge on any atom is -0.314 e. The molecule has 2 heterocycles. The fourth-order valence-electron chi connectivity index (χ4n) is 2.44. The maximum Gasteiger partial charge on any atom is 0.0928 e. The smallest absolute Gasteiger partial charge is 0.0928 e. The Morgan fingerprint density at radius 3 is 3.06 bits per heavy atom. The first-order valence-corrected chi connectivity index (χ1v) is 7.78. The largest absolute Gasteiger partial charge is 0.314 e. The average Bonchev–Trinajstić information content (AvgIpc) is 2.75. The molecule has 2 rings (SSSR count). The number of piperidine rings is 1. The third kappa shape index (κ3) is 4.40. The quantitative estimate of drug-likeness (QED) is 0.868. The predicted molar refractivity (Wildman–Crippen MR) is 74.6 cm³/mol. The van der Waals surface area contributed by atoms with E-state index in [9.17, 15) is 0 Å². The van der Waals surface area contributed by atoms with Gasteiger partial charge < -0.3 is 5.32 Å². The summed E-state index contributed by atoms with van der Waals surface area (Å²) in [6.45, 7) is 5.72. The van der Waals surface area contributed by atoms with Gasteiger partial charge in [0.25, 0.3) is 0 Å². The van der Waals surface area contributed by atoms with Gasteiger partial charge in [0.05, 0.1) is 10.7 Å². The molecule has 17 heavy (non-hydrogen) atoms. The van der Waals surface area contributed by atoms with E-state index >= 15 is 0 Å². The van der Waals surface area contributed by atoms with Gasteiger partial charge in [0.15, 0.2) is 0 Å². The third-order valence-electron chi connectivity index (χ3n) is 3.34. The molecule has 1 unspecified atom stereocenters. The summed E-state index contributed by atoms with van der Waals surface area (Å²) in [7, 11) is 0. The Kier molecular flexibility index (Phi) is 4.99. The fraction of sp³-hybridized carbons (Fsp3) is 0.786. The average molecular weight is 252 g/mol. The molecule has 1 aromatic heterocycles. The van der Waals surface area contributed by atoms with E-state index in [4.69, 9.17) is 4.98 Å². The first kappa shape index (κ1) is 13.0. The minimum absolute atomic E-state index is 0.713. The molecule has 0 radical (unpaired) electrons. The molecule has 0 bridgehead atoms. The van der Waals surface area contributed by atoms with Crippen LogP contribution in [0.25, 0.3) is 0 Å². The summed E-state index contributed by atoms with van der Waals surface area (Å²) in [5, 5.41) is 7.17. The molecule has 1 N–H and O–H groups in total. The zero-order valence-electron chi connectivity index (χ0n) is 11.0. The Bertz CT molecular complexity index is 327. The van der Waals surface area contributed by atoms with Crippen LogP contribution < -0.4 is 5.32 Å². The third-order valence-corrected chi connectivity index (χ3v) is 4.29. The maximum atomic E-state index is 4.73. The summed E-state index contributed by atoms with van der Waals surface area (Å²) in [5.41, 5.74) is 1.29. The molecule has 2 nitrogen and oxygen atoms in total. The van der Waals surface area contributed by atoms with Crippen LogP contribution in [0.1, 0.15) is 50.2 Å². The SMILES string of the molecule is CC(C)Cc1csc(CCC2CCCCN2)n1. The van der Waals surface area contributed by atoms with Crippen molar-refractivity contribution < 1.29 is 0 Å². The van der Waals surface area contributed by atoms with Crippen LogP contribution in [0.2, 0.25) is 0 Å². The molecule has 0 saturated carbocycles. The van der Waals surface area contributed by atoms with E-state index in [-0.39, 0.29) is 0 Å². The van der Waals surface area contributed by atoms with Gasteiger partial charge in [-0.1, -0.05) is 20.3 Å². The van der Waals surface area contributed by atoms with E-state index in [2.05, 4.69) is 24.5 Å². The summed E-state index contributed by atoms with van der Waals surface area (Å²) in [6.07, 6.45) is 7.64. The van der Waals surface area contributed by atoms with Gasteiger partial charge in [-0.15, -0.1) is 11.3 Å². The lowest BCUT2D eigenvalue weighted by Gasteiger charge is -2.22. The first-order chi connectivity index (χ1) is 8.24.